The van der Waals surface area contributed by atoms with Crippen LogP contribution in [-0.4, -0.2) is 27.6 Å². The third kappa shape index (κ3) is 6.05. The van der Waals surface area contributed by atoms with Gasteiger partial charge in [0.1, 0.15) is 0 Å². The summed E-state index contributed by atoms with van der Waals surface area (Å²) >= 11 is 0. The normalized spacial score (nSPS) is 14.6. The van der Waals surface area contributed by atoms with Crippen LogP contribution in [0, 0.1) is 0 Å². The van der Waals surface area contributed by atoms with Gasteiger partial charge in [-0.15, -0.1) is 0 Å². The maximum absolute atomic E-state index is 5.57. The van der Waals surface area contributed by atoms with E-state index in [2.05, 4.69) is 253 Å². The predicted octanol–water partition coefficient (Wildman–Crippen LogP) is 12.3. The van der Waals surface area contributed by atoms with E-state index in [1.165, 1.54) is 65.3 Å². The molecule has 3 aliphatic rings. The molecule has 70 heavy (non-hydrogen) atoms. The standard InChI is InChI=1S/C65H44N4Si/c1-5-21-43(22-6-1)44-39-41-48(42-40-44)70(46-25-9-3-10-26-46,47-27-11-4-12-28-47)58-38-20-34-54-59-51-31-13-14-32-52(51)62(61(54)58)60-53(59)33-19-35-55(60)64-66-63(45-23-7-2-8-24-45)67-65(68-64)69-56-36-17-15-29-49(56)50-30-16-18-37-57(50)69/h1-42,59,62H. The molecule has 12 aromatic rings. The van der Waals surface area contributed by atoms with E-state index in [-0.39, 0.29) is 11.8 Å². The van der Waals surface area contributed by atoms with Gasteiger partial charge >= 0.3 is 0 Å². The minimum atomic E-state index is -3.07. The fourth-order valence-corrected chi connectivity index (χ4v) is 17.2. The first kappa shape index (κ1) is 40.3. The van der Waals surface area contributed by atoms with Gasteiger partial charge in [-0.25, -0.2) is 4.98 Å². The first-order valence-corrected chi connectivity index (χ1v) is 26.2. The Labute approximate surface area is 407 Å². The molecule has 2 atom stereocenters. The van der Waals surface area contributed by atoms with Crippen LogP contribution in [0.3, 0.4) is 0 Å². The molecule has 0 radical (unpaired) electrons. The maximum Gasteiger partial charge on any atom is 0.238 e. The molecule has 328 valence electrons. The lowest BCUT2D eigenvalue weighted by Crippen LogP contribution is -2.75. The zero-order valence-corrected chi connectivity index (χ0v) is 39.2. The van der Waals surface area contributed by atoms with Crippen molar-refractivity contribution in [3.05, 3.63) is 288 Å². The van der Waals surface area contributed by atoms with E-state index in [0.717, 1.165) is 32.9 Å². The Hall–Kier alpha value is -8.77. The van der Waals surface area contributed by atoms with Crippen LogP contribution in [0.2, 0.25) is 0 Å². The highest BCUT2D eigenvalue weighted by atomic mass is 28.3. The summed E-state index contributed by atoms with van der Waals surface area (Å²) in [5.74, 6) is 1.81. The van der Waals surface area contributed by atoms with E-state index in [4.69, 9.17) is 15.0 Å². The fraction of sp³-hybridized carbons (Fsp3) is 0.0308. The predicted molar refractivity (Wildman–Crippen MR) is 289 cm³/mol. The van der Waals surface area contributed by atoms with E-state index >= 15 is 0 Å². The van der Waals surface area contributed by atoms with Crippen LogP contribution in [0.5, 0.6) is 0 Å². The topological polar surface area (TPSA) is 43.6 Å². The summed E-state index contributed by atoms with van der Waals surface area (Å²) in [6.45, 7) is 0. The van der Waals surface area contributed by atoms with E-state index < -0.39 is 8.07 Å². The van der Waals surface area contributed by atoms with Crippen molar-refractivity contribution in [3.8, 4) is 39.9 Å². The minimum absolute atomic E-state index is 0.0111. The van der Waals surface area contributed by atoms with E-state index in [0.29, 0.717) is 17.6 Å². The van der Waals surface area contributed by atoms with Crippen molar-refractivity contribution in [1.29, 1.82) is 0 Å². The summed E-state index contributed by atoms with van der Waals surface area (Å²) in [6, 6.07) is 93.7. The molecule has 10 aromatic carbocycles. The van der Waals surface area contributed by atoms with Crippen molar-refractivity contribution >= 4 is 50.6 Å². The lowest BCUT2D eigenvalue weighted by atomic mass is 9.60. The van der Waals surface area contributed by atoms with Crippen LogP contribution in [-0.2, 0) is 0 Å². The summed E-state index contributed by atoms with van der Waals surface area (Å²) in [5, 5.41) is 7.79. The number of benzene rings is 10. The van der Waals surface area contributed by atoms with Gasteiger partial charge in [0, 0.05) is 33.7 Å². The molecule has 2 heterocycles. The van der Waals surface area contributed by atoms with Crippen LogP contribution < -0.4 is 20.7 Å². The van der Waals surface area contributed by atoms with Crippen molar-refractivity contribution in [2.75, 3.05) is 0 Å². The quantitative estimate of drug-likeness (QED) is 0.113. The minimum Gasteiger partial charge on any atom is -0.278 e. The van der Waals surface area contributed by atoms with Crippen LogP contribution in [0.4, 0.5) is 0 Å². The molecule has 5 heteroatoms. The average Bonchev–Trinajstić information content (AvgIpc) is 3.79. The van der Waals surface area contributed by atoms with Gasteiger partial charge in [0.25, 0.3) is 0 Å². The third-order valence-corrected chi connectivity index (χ3v) is 19.9. The van der Waals surface area contributed by atoms with Gasteiger partial charge in [-0.3, -0.25) is 4.57 Å². The third-order valence-electron chi connectivity index (χ3n) is 15.0. The van der Waals surface area contributed by atoms with Gasteiger partial charge in [0.2, 0.25) is 5.95 Å². The lowest BCUT2D eigenvalue weighted by Gasteiger charge is -2.46. The summed E-state index contributed by atoms with van der Waals surface area (Å²) in [4.78, 5) is 16.4. The van der Waals surface area contributed by atoms with Crippen molar-refractivity contribution in [3.63, 3.8) is 0 Å². The Morgan fingerprint density at radius 2 is 0.771 bits per heavy atom. The Bertz CT molecular complexity index is 3850. The molecule has 4 nitrogen and oxygen atoms in total. The second kappa shape index (κ2) is 16.2. The highest BCUT2D eigenvalue weighted by Gasteiger charge is 2.50. The number of fused-ring (bicyclic) bond motifs is 3. The van der Waals surface area contributed by atoms with Crippen LogP contribution in [0.25, 0.3) is 61.7 Å². The molecule has 0 amide bonds. The second-order valence-corrected chi connectivity index (χ2v) is 22.3. The molecular weight excluding hydrogens is 865 g/mol. The van der Waals surface area contributed by atoms with Crippen molar-refractivity contribution < 1.29 is 0 Å². The molecule has 3 aliphatic carbocycles. The van der Waals surface area contributed by atoms with Gasteiger partial charge in [-0.1, -0.05) is 243 Å². The molecule has 0 saturated heterocycles. The maximum atomic E-state index is 5.57. The fourth-order valence-electron chi connectivity index (χ4n) is 12.2. The number of hydrogen-bond acceptors (Lipinski definition) is 3. The molecule has 0 N–H and O–H groups in total. The zero-order valence-electron chi connectivity index (χ0n) is 38.2. The summed E-state index contributed by atoms with van der Waals surface area (Å²) in [5.41, 5.74) is 14.6. The Balaban J connectivity index is 1.05. The van der Waals surface area contributed by atoms with Gasteiger partial charge in [-0.05, 0) is 77.4 Å². The lowest BCUT2D eigenvalue weighted by molar-refractivity contribution is 0.758. The molecular formula is C65H44N4Si. The van der Waals surface area contributed by atoms with Crippen molar-refractivity contribution in [1.82, 2.24) is 19.5 Å². The summed E-state index contributed by atoms with van der Waals surface area (Å²) in [6.07, 6.45) is 0. The number of para-hydroxylation sites is 2. The Morgan fingerprint density at radius 3 is 1.40 bits per heavy atom. The molecule has 0 spiro atoms. The highest BCUT2D eigenvalue weighted by molar-refractivity contribution is 7.20. The molecule has 2 aromatic heterocycles. The molecule has 15 rings (SSSR count). The number of rotatable bonds is 8. The average molecular weight is 909 g/mol. The smallest absolute Gasteiger partial charge is 0.238 e. The summed E-state index contributed by atoms with van der Waals surface area (Å²) < 4.78 is 2.22. The van der Waals surface area contributed by atoms with E-state index in [1.54, 1.807) is 0 Å². The van der Waals surface area contributed by atoms with Gasteiger partial charge in [0.05, 0.1) is 11.0 Å². The number of nitrogens with zero attached hydrogens (tertiary/aromatic N) is 4. The largest absolute Gasteiger partial charge is 0.278 e. The van der Waals surface area contributed by atoms with Crippen molar-refractivity contribution in [2.45, 2.75) is 11.8 Å². The molecule has 0 saturated carbocycles. The first-order chi connectivity index (χ1) is 34.8. The molecule has 0 aliphatic heterocycles. The van der Waals surface area contributed by atoms with Crippen LogP contribution in [0.1, 0.15) is 45.2 Å². The van der Waals surface area contributed by atoms with Crippen LogP contribution in [0.15, 0.2) is 255 Å². The van der Waals surface area contributed by atoms with E-state index in [9.17, 15) is 0 Å². The summed E-state index contributed by atoms with van der Waals surface area (Å²) in [7, 11) is -3.07. The Morgan fingerprint density at radius 1 is 0.314 bits per heavy atom. The van der Waals surface area contributed by atoms with Gasteiger partial charge < -0.3 is 0 Å². The van der Waals surface area contributed by atoms with Crippen LogP contribution >= 0.6 is 0 Å². The van der Waals surface area contributed by atoms with Gasteiger partial charge in [0.15, 0.2) is 19.7 Å². The van der Waals surface area contributed by atoms with Gasteiger partial charge in [-0.2, -0.15) is 9.97 Å². The molecule has 2 bridgehead atoms. The first-order valence-electron chi connectivity index (χ1n) is 24.2. The SMILES string of the molecule is c1ccc(-c2ccc([Si](c3ccccc3)(c3ccccc3)c3cccc4c3C3c5ccccc5C4c4cccc(-c5nc(-c6ccccc6)nc(-n6c7ccccc7c7ccccc76)n5)c43)cc2)cc1. The number of hydrogen-bond donors (Lipinski definition) is 0. The number of aromatic nitrogens is 4. The Kier molecular flexibility index (Phi) is 9.32. The molecule has 0 fully saturated rings. The monoisotopic (exact) mass is 908 g/mol. The zero-order chi connectivity index (χ0) is 46.2. The molecule has 2 unspecified atom stereocenters. The highest BCUT2D eigenvalue weighted by Crippen LogP contribution is 2.57. The van der Waals surface area contributed by atoms with Crippen molar-refractivity contribution in [2.24, 2.45) is 0 Å². The second-order valence-electron chi connectivity index (χ2n) is 18.6. The van der Waals surface area contributed by atoms with E-state index in [1.807, 2.05) is 6.07 Å².